The van der Waals surface area contributed by atoms with Gasteiger partial charge < -0.3 is 13.6 Å². The number of para-hydroxylation sites is 2. The van der Waals surface area contributed by atoms with E-state index in [1.54, 1.807) is 31.2 Å². The first kappa shape index (κ1) is 14.0. The fourth-order valence-electron chi connectivity index (χ4n) is 3.48. The summed E-state index contributed by atoms with van der Waals surface area (Å²) in [4.78, 5) is 25.0. The van der Waals surface area contributed by atoms with Crippen LogP contribution in [0.25, 0.3) is 21.9 Å². The van der Waals surface area contributed by atoms with Gasteiger partial charge in [-0.3, -0.25) is 0 Å². The molecule has 0 spiro atoms. The number of ether oxygens (including phenoxy) is 1. The first-order chi connectivity index (χ1) is 12.1. The number of hydrogen-bond acceptors (Lipinski definition) is 5. The summed E-state index contributed by atoms with van der Waals surface area (Å²) >= 11 is 0. The topological polar surface area (TPSA) is 69.7 Å². The van der Waals surface area contributed by atoms with Crippen molar-refractivity contribution in [2.45, 2.75) is 12.8 Å². The first-order valence-corrected chi connectivity index (χ1v) is 7.94. The van der Waals surface area contributed by atoms with Crippen molar-refractivity contribution in [2.75, 3.05) is 0 Å². The molecular weight excluding hydrogens is 320 g/mol. The van der Waals surface area contributed by atoms with Crippen LogP contribution in [0.5, 0.6) is 11.5 Å². The highest BCUT2D eigenvalue weighted by Gasteiger charge is 2.34. The smallest absolute Gasteiger partial charge is 0.343 e. The molecule has 0 bridgehead atoms. The van der Waals surface area contributed by atoms with Crippen LogP contribution in [0.4, 0.5) is 0 Å². The van der Waals surface area contributed by atoms with Crippen LogP contribution in [0.1, 0.15) is 24.0 Å². The zero-order valence-electron chi connectivity index (χ0n) is 13.2. The molecule has 0 saturated heterocycles. The Morgan fingerprint density at radius 2 is 1.16 bits per heavy atom. The van der Waals surface area contributed by atoms with Crippen molar-refractivity contribution in [3.63, 3.8) is 0 Å². The van der Waals surface area contributed by atoms with Crippen molar-refractivity contribution in [3.8, 4) is 11.5 Å². The third-order valence-electron chi connectivity index (χ3n) is 4.67. The van der Waals surface area contributed by atoms with E-state index in [0.717, 1.165) is 0 Å². The molecule has 0 atom stereocenters. The molecule has 5 rings (SSSR count). The van der Waals surface area contributed by atoms with E-state index in [1.165, 1.54) is 0 Å². The van der Waals surface area contributed by atoms with Crippen molar-refractivity contribution >= 4 is 21.9 Å². The maximum absolute atomic E-state index is 12.5. The van der Waals surface area contributed by atoms with Gasteiger partial charge in [-0.25, -0.2) is 9.59 Å². The van der Waals surface area contributed by atoms with Crippen molar-refractivity contribution in [3.05, 3.63) is 80.5 Å². The summed E-state index contributed by atoms with van der Waals surface area (Å²) < 4.78 is 16.9. The van der Waals surface area contributed by atoms with E-state index in [9.17, 15) is 9.59 Å². The quantitative estimate of drug-likeness (QED) is 0.452. The lowest BCUT2D eigenvalue weighted by Gasteiger charge is -2.25. The van der Waals surface area contributed by atoms with Crippen LogP contribution in [0.2, 0.25) is 0 Å². The largest absolute Gasteiger partial charge is 0.455 e. The van der Waals surface area contributed by atoms with Crippen molar-refractivity contribution in [2.24, 2.45) is 0 Å². The number of rotatable bonds is 0. The van der Waals surface area contributed by atoms with Gasteiger partial charge in [0, 0.05) is 5.92 Å². The summed E-state index contributed by atoms with van der Waals surface area (Å²) in [5.74, 6) is 0.408. The Hall–Kier alpha value is -3.34. The normalized spacial score (nSPS) is 13.5. The average molecular weight is 332 g/mol. The second kappa shape index (κ2) is 4.83. The van der Waals surface area contributed by atoms with Crippen LogP contribution in [-0.2, 0) is 0 Å². The summed E-state index contributed by atoms with van der Waals surface area (Å²) in [5, 5.41) is 1.40. The zero-order valence-corrected chi connectivity index (χ0v) is 13.2. The lowest BCUT2D eigenvalue weighted by molar-refractivity contribution is 0.425. The number of hydrogen-bond donors (Lipinski definition) is 0. The fourth-order valence-corrected chi connectivity index (χ4v) is 3.48. The third kappa shape index (κ3) is 1.83. The molecule has 4 aromatic rings. The molecule has 122 valence electrons. The molecule has 0 unspecified atom stereocenters. The predicted octanol–water partition coefficient (Wildman–Crippen LogP) is 4.16. The van der Waals surface area contributed by atoms with Gasteiger partial charge in [-0.05, 0) is 24.3 Å². The molecule has 0 fully saturated rings. The summed E-state index contributed by atoms with van der Waals surface area (Å²) in [7, 11) is 0. The lowest BCUT2D eigenvalue weighted by atomic mass is 9.90. The molecule has 0 aliphatic carbocycles. The molecule has 3 heterocycles. The SMILES string of the molecule is CC1c2c(c3ccccc3oc2=O)Oc2c1c(=O)oc1ccccc21. The highest BCUT2D eigenvalue weighted by Crippen LogP contribution is 2.46. The van der Waals surface area contributed by atoms with Crippen molar-refractivity contribution < 1.29 is 13.6 Å². The standard InChI is InChI=1S/C20H12O5/c1-10-15-17(11-6-2-4-8-13(11)23-19(15)21)25-18-12-7-3-5-9-14(12)24-20(22)16(10)18/h2-10H,1H3. The van der Waals surface area contributed by atoms with E-state index in [1.807, 2.05) is 24.3 Å². The van der Waals surface area contributed by atoms with Crippen LogP contribution >= 0.6 is 0 Å². The van der Waals surface area contributed by atoms with Gasteiger partial charge in [-0.2, -0.15) is 0 Å². The van der Waals surface area contributed by atoms with Gasteiger partial charge in [-0.15, -0.1) is 0 Å². The van der Waals surface area contributed by atoms with E-state index < -0.39 is 17.2 Å². The summed E-state index contributed by atoms with van der Waals surface area (Å²) in [5.41, 5.74) is 0.588. The molecule has 5 nitrogen and oxygen atoms in total. The van der Waals surface area contributed by atoms with Crippen LogP contribution in [0, 0.1) is 0 Å². The Labute approximate surface area is 141 Å². The average Bonchev–Trinajstić information content (AvgIpc) is 2.61. The third-order valence-corrected chi connectivity index (χ3v) is 4.67. The van der Waals surface area contributed by atoms with E-state index in [4.69, 9.17) is 13.6 Å². The van der Waals surface area contributed by atoms with Gasteiger partial charge in [0.1, 0.15) is 22.7 Å². The molecule has 0 radical (unpaired) electrons. The van der Waals surface area contributed by atoms with Gasteiger partial charge >= 0.3 is 11.3 Å². The monoisotopic (exact) mass is 332 g/mol. The van der Waals surface area contributed by atoms with Crippen LogP contribution < -0.4 is 16.0 Å². The van der Waals surface area contributed by atoms with Gasteiger partial charge in [0.2, 0.25) is 0 Å². The lowest BCUT2D eigenvalue weighted by Crippen LogP contribution is -2.23. The number of benzene rings is 2. The molecule has 1 aliphatic heterocycles. The maximum Gasteiger partial charge on any atom is 0.343 e. The van der Waals surface area contributed by atoms with Crippen molar-refractivity contribution in [1.29, 1.82) is 0 Å². The summed E-state index contributed by atoms with van der Waals surface area (Å²) in [6.07, 6.45) is 0. The van der Waals surface area contributed by atoms with Gasteiger partial charge in [-0.1, -0.05) is 31.2 Å². The van der Waals surface area contributed by atoms with Gasteiger partial charge in [0.05, 0.1) is 21.9 Å². The second-order valence-corrected chi connectivity index (χ2v) is 6.08. The minimum atomic E-state index is -0.501. The Balaban J connectivity index is 1.93. The highest BCUT2D eigenvalue weighted by atomic mass is 16.5. The Bertz CT molecular complexity index is 1180. The zero-order chi connectivity index (χ0) is 17.1. The van der Waals surface area contributed by atoms with Gasteiger partial charge in [0.25, 0.3) is 0 Å². The first-order valence-electron chi connectivity index (χ1n) is 7.94. The summed E-state index contributed by atoms with van der Waals surface area (Å²) in [6.45, 7) is 1.79. The minimum Gasteiger partial charge on any atom is -0.455 e. The van der Waals surface area contributed by atoms with E-state index in [0.29, 0.717) is 44.6 Å². The molecule has 2 aromatic heterocycles. The van der Waals surface area contributed by atoms with E-state index in [-0.39, 0.29) is 0 Å². The highest BCUT2D eigenvalue weighted by molar-refractivity contribution is 5.90. The van der Waals surface area contributed by atoms with E-state index >= 15 is 0 Å². The Morgan fingerprint density at radius 3 is 1.64 bits per heavy atom. The fraction of sp³-hybridized carbons (Fsp3) is 0.100. The number of fused-ring (bicyclic) bond motifs is 6. The predicted molar refractivity (Wildman–Crippen MR) is 92.6 cm³/mol. The molecule has 2 aromatic carbocycles. The van der Waals surface area contributed by atoms with Crippen molar-refractivity contribution in [1.82, 2.24) is 0 Å². The van der Waals surface area contributed by atoms with Gasteiger partial charge in [0.15, 0.2) is 0 Å². The van der Waals surface area contributed by atoms with E-state index in [2.05, 4.69) is 0 Å². The molecule has 0 N–H and O–H groups in total. The molecule has 1 aliphatic rings. The molecule has 25 heavy (non-hydrogen) atoms. The summed E-state index contributed by atoms with van der Waals surface area (Å²) in [6, 6.07) is 14.4. The molecular formula is C20H12O5. The molecule has 5 heteroatoms. The van der Waals surface area contributed by atoms with Crippen LogP contribution in [0.15, 0.2) is 67.0 Å². The molecule has 0 saturated carbocycles. The molecule has 0 amide bonds. The Kier molecular flexibility index (Phi) is 2.71. The van der Waals surface area contributed by atoms with Crippen LogP contribution in [-0.4, -0.2) is 0 Å². The minimum absolute atomic E-state index is 0.341. The second-order valence-electron chi connectivity index (χ2n) is 6.08. The Morgan fingerprint density at radius 1 is 0.720 bits per heavy atom. The van der Waals surface area contributed by atoms with Crippen LogP contribution in [0.3, 0.4) is 0 Å². The maximum atomic E-state index is 12.5.